The Bertz CT molecular complexity index is 443. The van der Waals surface area contributed by atoms with Crippen LogP contribution in [-0.4, -0.2) is 58.2 Å². The largest absolute Gasteiger partial charge is 0.475 e. The van der Waals surface area contributed by atoms with Gasteiger partial charge in [0, 0.05) is 19.3 Å². The van der Waals surface area contributed by atoms with E-state index in [9.17, 15) is 9.59 Å². The number of amides is 1. The highest BCUT2D eigenvalue weighted by molar-refractivity contribution is 5.93. The number of carbonyl (C=O) groups is 2. The van der Waals surface area contributed by atoms with Gasteiger partial charge in [-0.25, -0.2) is 14.8 Å². The van der Waals surface area contributed by atoms with Gasteiger partial charge in [0.15, 0.2) is 0 Å². The monoisotopic (exact) mass is 237 g/mol. The first-order valence-electron chi connectivity index (χ1n) is 5.12. The summed E-state index contributed by atoms with van der Waals surface area (Å²) in [5.41, 5.74) is 0.0966. The molecule has 1 amide bonds. The summed E-state index contributed by atoms with van der Waals surface area (Å²) in [4.78, 5) is 31.5. The smallest absolute Gasteiger partial charge is 0.373 e. The van der Waals surface area contributed by atoms with Crippen LogP contribution in [0.2, 0.25) is 0 Å². The molecule has 0 spiro atoms. The van der Waals surface area contributed by atoms with Crippen LogP contribution in [0.25, 0.3) is 0 Å². The van der Waals surface area contributed by atoms with E-state index in [1.54, 1.807) is 4.90 Å². The number of rotatable bonds is 2. The number of hydrogen-bond acceptors (Lipinski definition) is 5. The summed E-state index contributed by atoms with van der Waals surface area (Å²) < 4.78 is 5.13. The van der Waals surface area contributed by atoms with Crippen molar-refractivity contribution in [3.05, 3.63) is 23.8 Å². The lowest BCUT2D eigenvalue weighted by molar-refractivity contribution is 0.0298. The fraction of sp³-hybridized carbons (Fsp3) is 0.400. The molecular formula is C10H11N3O4. The topological polar surface area (TPSA) is 92.6 Å². The summed E-state index contributed by atoms with van der Waals surface area (Å²) in [7, 11) is 0. The van der Waals surface area contributed by atoms with Crippen molar-refractivity contribution in [2.75, 3.05) is 26.3 Å². The number of nitrogens with zero attached hydrogens (tertiary/aromatic N) is 3. The Morgan fingerprint density at radius 1 is 1.35 bits per heavy atom. The molecule has 0 aliphatic carbocycles. The zero-order chi connectivity index (χ0) is 12.3. The number of carboxylic acids is 1. The van der Waals surface area contributed by atoms with Crippen LogP contribution < -0.4 is 0 Å². The molecule has 1 fully saturated rings. The number of aromatic carboxylic acids is 1. The summed E-state index contributed by atoms with van der Waals surface area (Å²) in [6.45, 7) is 1.96. The van der Waals surface area contributed by atoms with Gasteiger partial charge in [0.05, 0.1) is 13.2 Å². The molecule has 90 valence electrons. The maximum atomic E-state index is 12.0. The quantitative estimate of drug-likeness (QED) is 0.755. The highest BCUT2D eigenvalue weighted by atomic mass is 16.5. The normalized spacial score (nSPS) is 15.6. The molecule has 7 heteroatoms. The van der Waals surface area contributed by atoms with E-state index < -0.39 is 5.97 Å². The molecule has 17 heavy (non-hydrogen) atoms. The van der Waals surface area contributed by atoms with Crippen molar-refractivity contribution in [1.29, 1.82) is 0 Å². The Morgan fingerprint density at radius 2 is 2.06 bits per heavy atom. The molecule has 1 aromatic heterocycles. The maximum Gasteiger partial charge on any atom is 0.373 e. The summed E-state index contributed by atoms with van der Waals surface area (Å²) in [6.07, 6.45) is 1.27. The minimum atomic E-state index is -1.25. The molecule has 1 N–H and O–H groups in total. The molecule has 0 unspecified atom stereocenters. The first-order chi connectivity index (χ1) is 8.18. The Hall–Kier alpha value is -2.02. The average Bonchev–Trinajstić information content (AvgIpc) is 2.39. The van der Waals surface area contributed by atoms with Gasteiger partial charge in [-0.3, -0.25) is 4.79 Å². The Balaban J connectivity index is 2.18. The zero-order valence-electron chi connectivity index (χ0n) is 9.00. The number of hydrogen-bond donors (Lipinski definition) is 1. The Kier molecular flexibility index (Phi) is 3.29. The van der Waals surface area contributed by atoms with Crippen molar-refractivity contribution in [3.8, 4) is 0 Å². The molecule has 1 saturated heterocycles. The van der Waals surface area contributed by atoms with Gasteiger partial charge in [-0.1, -0.05) is 0 Å². The van der Waals surface area contributed by atoms with Gasteiger partial charge >= 0.3 is 5.97 Å². The molecular weight excluding hydrogens is 226 g/mol. The van der Waals surface area contributed by atoms with Gasteiger partial charge in [0.1, 0.15) is 5.69 Å². The van der Waals surface area contributed by atoms with Crippen molar-refractivity contribution >= 4 is 11.9 Å². The standard InChI is InChI=1S/C10H11N3O4/c14-9(13-3-5-17-6-4-13)7-1-2-11-8(12-7)10(15)16/h1-2H,3-6H2,(H,15,16). The SMILES string of the molecule is O=C(O)c1nccc(C(=O)N2CCOCC2)n1. The van der Waals surface area contributed by atoms with Crippen LogP contribution in [0, 0.1) is 0 Å². The van der Waals surface area contributed by atoms with Gasteiger partial charge in [0.2, 0.25) is 5.82 Å². The molecule has 0 bridgehead atoms. The second kappa shape index (κ2) is 4.88. The van der Waals surface area contributed by atoms with E-state index in [2.05, 4.69) is 9.97 Å². The Labute approximate surface area is 97.0 Å². The fourth-order valence-corrected chi connectivity index (χ4v) is 1.51. The summed E-state index contributed by atoms with van der Waals surface area (Å²) in [5, 5.41) is 8.73. The predicted octanol–water partition coefficient (Wildman–Crippen LogP) is -0.353. The van der Waals surface area contributed by atoms with Crippen molar-refractivity contribution in [3.63, 3.8) is 0 Å². The van der Waals surface area contributed by atoms with E-state index in [4.69, 9.17) is 9.84 Å². The lowest BCUT2D eigenvalue weighted by atomic mass is 10.3. The van der Waals surface area contributed by atoms with E-state index in [-0.39, 0.29) is 17.4 Å². The lowest BCUT2D eigenvalue weighted by Crippen LogP contribution is -2.41. The molecule has 0 radical (unpaired) electrons. The van der Waals surface area contributed by atoms with Crippen LogP contribution in [0.4, 0.5) is 0 Å². The second-order valence-corrected chi connectivity index (χ2v) is 3.48. The third-order valence-electron chi connectivity index (χ3n) is 2.36. The first-order valence-corrected chi connectivity index (χ1v) is 5.12. The third kappa shape index (κ3) is 2.56. The van der Waals surface area contributed by atoms with Gasteiger partial charge in [-0.05, 0) is 6.07 Å². The molecule has 2 rings (SSSR count). The fourth-order valence-electron chi connectivity index (χ4n) is 1.51. The molecule has 7 nitrogen and oxygen atoms in total. The maximum absolute atomic E-state index is 12.0. The number of carbonyl (C=O) groups excluding carboxylic acids is 1. The minimum absolute atomic E-state index is 0.0966. The van der Waals surface area contributed by atoms with Crippen LogP contribution in [0.3, 0.4) is 0 Å². The van der Waals surface area contributed by atoms with Crippen LogP contribution >= 0.6 is 0 Å². The van der Waals surface area contributed by atoms with Gasteiger partial charge in [-0.2, -0.15) is 0 Å². The number of ether oxygens (including phenoxy) is 1. The summed E-state index contributed by atoms with van der Waals surface area (Å²) in [5.74, 6) is -1.91. The van der Waals surface area contributed by atoms with Crippen LogP contribution in [0.15, 0.2) is 12.3 Å². The van der Waals surface area contributed by atoms with E-state index >= 15 is 0 Å². The van der Waals surface area contributed by atoms with E-state index in [1.165, 1.54) is 12.3 Å². The lowest BCUT2D eigenvalue weighted by Gasteiger charge is -2.26. The summed E-state index contributed by atoms with van der Waals surface area (Å²) >= 11 is 0. The Morgan fingerprint density at radius 3 is 2.71 bits per heavy atom. The second-order valence-electron chi connectivity index (χ2n) is 3.48. The molecule has 0 atom stereocenters. The molecule has 0 aromatic carbocycles. The number of aromatic nitrogens is 2. The van der Waals surface area contributed by atoms with Crippen molar-refractivity contribution < 1.29 is 19.4 Å². The highest BCUT2D eigenvalue weighted by Crippen LogP contribution is 2.05. The predicted molar refractivity (Wildman–Crippen MR) is 55.7 cm³/mol. The third-order valence-corrected chi connectivity index (χ3v) is 2.36. The number of carboxylic acid groups (broad SMARTS) is 1. The van der Waals surface area contributed by atoms with Crippen LogP contribution in [0.1, 0.15) is 21.1 Å². The molecule has 1 aliphatic heterocycles. The van der Waals surface area contributed by atoms with Gasteiger partial charge in [0.25, 0.3) is 5.91 Å². The molecule has 2 heterocycles. The minimum Gasteiger partial charge on any atom is -0.475 e. The molecule has 1 aromatic rings. The van der Waals surface area contributed by atoms with Crippen LogP contribution in [-0.2, 0) is 4.74 Å². The van der Waals surface area contributed by atoms with Crippen LogP contribution in [0.5, 0.6) is 0 Å². The average molecular weight is 237 g/mol. The van der Waals surface area contributed by atoms with Crippen molar-refractivity contribution in [2.24, 2.45) is 0 Å². The first kappa shape index (κ1) is 11.5. The van der Waals surface area contributed by atoms with E-state index in [0.717, 1.165) is 0 Å². The summed E-state index contributed by atoms with van der Waals surface area (Å²) in [6, 6.07) is 1.41. The van der Waals surface area contributed by atoms with Crippen molar-refractivity contribution in [1.82, 2.24) is 14.9 Å². The number of morpholine rings is 1. The van der Waals surface area contributed by atoms with Gasteiger partial charge < -0.3 is 14.7 Å². The molecule has 0 saturated carbocycles. The van der Waals surface area contributed by atoms with E-state index in [1.807, 2.05) is 0 Å². The highest BCUT2D eigenvalue weighted by Gasteiger charge is 2.20. The van der Waals surface area contributed by atoms with Gasteiger partial charge in [-0.15, -0.1) is 0 Å². The molecule has 1 aliphatic rings. The zero-order valence-corrected chi connectivity index (χ0v) is 9.00. The van der Waals surface area contributed by atoms with E-state index in [0.29, 0.717) is 26.3 Å². The van der Waals surface area contributed by atoms with Crippen molar-refractivity contribution in [2.45, 2.75) is 0 Å².